The molecule has 15 heteroatoms. The molecule has 0 spiro atoms. The number of fused-ring (bicyclic) bond motifs is 2. The summed E-state index contributed by atoms with van der Waals surface area (Å²) in [6.07, 6.45) is -5.29. The molecule has 0 atom stereocenters. The molecule has 2 aromatic heterocycles. The van der Waals surface area contributed by atoms with Crippen molar-refractivity contribution in [2.45, 2.75) is 12.9 Å². The van der Waals surface area contributed by atoms with Crippen molar-refractivity contribution in [3.05, 3.63) is 40.3 Å². The van der Waals surface area contributed by atoms with E-state index in [9.17, 15) is 27.2 Å². The molecule has 0 radical (unpaired) electrons. The molecule has 4 aromatic rings. The Morgan fingerprint density at radius 1 is 0.973 bits per heavy atom. The second-order valence-electron chi connectivity index (χ2n) is 7.27. The maximum atomic E-state index is 13.8. The maximum Gasteiger partial charge on any atom is 0.491 e. The summed E-state index contributed by atoms with van der Waals surface area (Å²) in [5.74, 6) is -2.95. The number of methoxy groups -OCH3 is 3. The molecular weight excluding hydrogens is 506 g/mol. The van der Waals surface area contributed by atoms with Crippen LogP contribution in [0.15, 0.2) is 29.1 Å². The Balaban J connectivity index is 1.81. The number of hydrogen-bond donors (Lipinski definition) is 2. The number of nitrogens with one attached hydrogen (secondary N) is 2. The maximum absolute atomic E-state index is 13.8. The second kappa shape index (κ2) is 9.75. The highest BCUT2D eigenvalue weighted by atomic mass is 19.4. The largest absolute Gasteiger partial charge is 0.494 e. The fourth-order valence-electron chi connectivity index (χ4n) is 3.44. The van der Waals surface area contributed by atoms with Crippen molar-refractivity contribution in [2.75, 3.05) is 26.6 Å². The average molecular weight is 523 g/mol. The SMILES string of the molecule is COc1cc2nc(Nc3nc4c(OC)ccc(OC(=O)C(F)(F)F)c4c(=O)[nH]3)nc(CF)c2cc1OC. The summed E-state index contributed by atoms with van der Waals surface area (Å²) in [6.45, 7) is -0.966. The summed E-state index contributed by atoms with van der Waals surface area (Å²) >= 11 is 0. The number of H-pyrrole nitrogens is 1. The van der Waals surface area contributed by atoms with Gasteiger partial charge in [0.05, 0.1) is 32.5 Å². The molecule has 4 rings (SSSR count). The minimum atomic E-state index is -5.29. The summed E-state index contributed by atoms with van der Waals surface area (Å²) in [5.41, 5.74) is -0.909. The molecule has 0 saturated carbocycles. The van der Waals surface area contributed by atoms with Crippen LogP contribution in [0.5, 0.6) is 23.0 Å². The number of alkyl halides is 4. The molecule has 0 saturated heterocycles. The van der Waals surface area contributed by atoms with Crippen molar-refractivity contribution in [2.24, 2.45) is 0 Å². The van der Waals surface area contributed by atoms with Crippen LogP contribution in [-0.4, -0.2) is 53.4 Å². The van der Waals surface area contributed by atoms with Crippen LogP contribution >= 0.6 is 0 Å². The summed E-state index contributed by atoms with van der Waals surface area (Å²) in [5, 5.41) is 2.52. The molecule has 0 aliphatic carbocycles. The monoisotopic (exact) mass is 523 g/mol. The first-order valence-electron chi connectivity index (χ1n) is 10.2. The molecule has 0 aliphatic heterocycles. The molecule has 0 fully saturated rings. The highest BCUT2D eigenvalue weighted by Gasteiger charge is 2.41. The molecule has 37 heavy (non-hydrogen) atoms. The molecule has 0 amide bonds. The molecule has 11 nitrogen and oxygen atoms in total. The second-order valence-corrected chi connectivity index (χ2v) is 7.27. The van der Waals surface area contributed by atoms with Gasteiger partial charge >= 0.3 is 12.1 Å². The lowest BCUT2D eigenvalue weighted by atomic mass is 10.1. The Kier molecular flexibility index (Phi) is 6.70. The molecule has 0 aliphatic rings. The van der Waals surface area contributed by atoms with Gasteiger partial charge in [-0.1, -0.05) is 0 Å². The van der Waals surface area contributed by atoms with E-state index in [2.05, 4.69) is 30.0 Å². The Hall–Kier alpha value is -4.69. The van der Waals surface area contributed by atoms with Crippen LogP contribution in [0.2, 0.25) is 0 Å². The topological polar surface area (TPSA) is 138 Å². The van der Waals surface area contributed by atoms with Crippen molar-refractivity contribution in [1.29, 1.82) is 0 Å². The predicted molar refractivity (Wildman–Crippen MR) is 121 cm³/mol. The van der Waals surface area contributed by atoms with Gasteiger partial charge in [0.25, 0.3) is 5.56 Å². The van der Waals surface area contributed by atoms with Crippen molar-refractivity contribution >= 4 is 39.7 Å². The van der Waals surface area contributed by atoms with Gasteiger partial charge in [-0.05, 0) is 18.2 Å². The molecule has 2 N–H and O–H groups in total. The zero-order valence-electron chi connectivity index (χ0n) is 19.3. The van der Waals surface area contributed by atoms with Gasteiger partial charge in [0.1, 0.15) is 29.1 Å². The summed E-state index contributed by atoms with van der Waals surface area (Å²) in [4.78, 5) is 39.0. The highest BCUT2D eigenvalue weighted by Crippen LogP contribution is 2.34. The lowest BCUT2D eigenvalue weighted by molar-refractivity contribution is -0.189. The standard InChI is InChI=1S/C22H17F4N5O6/c1-34-13-5-4-12(37-19(33)22(24,25)26)16-17(13)29-21(30-18(16)32)31-20-27-10-7-15(36-3)14(35-2)6-9(10)11(8-23)28-20/h4-7H,8H2,1-3H3,(H2,27,28,29,30,31,32). The third-order valence-electron chi connectivity index (χ3n) is 5.08. The van der Waals surface area contributed by atoms with Crippen LogP contribution in [0.3, 0.4) is 0 Å². The molecule has 0 bridgehead atoms. The fourth-order valence-corrected chi connectivity index (χ4v) is 3.44. The first kappa shape index (κ1) is 25.4. The fraction of sp³-hybridized carbons (Fsp3) is 0.227. The van der Waals surface area contributed by atoms with E-state index >= 15 is 0 Å². The van der Waals surface area contributed by atoms with E-state index < -0.39 is 35.5 Å². The summed E-state index contributed by atoms with van der Waals surface area (Å²) in [6, 6.07) is 5.15. The number of carbonyl (C=O) groups excluding carboxylic acids is 1. The van der Waals surface area contributed by atoms with Crippen molar-refractivity contribution in [1.82, 2.24) is 19.9 Å². The zero-order valence-corrected chi connectivity index (χ0v) is 19.3. The van der Waals surface area contributed by atoms with E-state index in [0.29, 0.717) is 16.9 Å². The molecule has 2 aromatic carbocycles. The number of nitrogens with zero attached hydrogens (tertiary/aromatic N) is 3. The van der Waals surface area contributed by atoms with Gasteiger partial charge in [0.2, 0.25) is 11.9 Å². The van der Waals surface area contributed by atoms with Gasteiger partial charge in [-0.2, -0.15) is 13.2 Å². The number of anilines is 2. The minimum Gasteiger partial charge on any atom is -0.494 e. The predicted octanol–water partition coefficient (Wildman–Crippen LogP) is 3.57. The summed E-state index contributed by atoms with van der Waals surface area (Å²) in [7, 11) is 4.08. The van der Waals surface area contributed by atoms with Crippen LogP contribution in [0.1, 0.15) is 5.69 Å². The van der Waals surface area contributed by atoms with E-state index in [1.165, 1.54) is 39.5 Å². The quantitative estimate of drug-likeness (QED) is 0.210. The number of rotatable bonds is 7. The van der Waals surface area contributed by atoms with E-state index in [1.54, 1.807) is 0 Å². The number of aromatic nitrogens is 4. The molecular formula is C22H17F4N5O6. The van der Waals surface area contributed by atoms with E-state index in [4.69, 9.17) is 14.2 Å². The lowest BCUT2D eigenvalue weighted by Crippen LogP contribution is -2.28. The number of halogens is 4. The van der Waals surface area contributed by atoms with Crippen LogP contribution in [0, 0.1) is 0 Å². The Morgan fingerprint density at radius 2 is 1.62 bits per heavy atom. The third kappa shape index (κ3) is 4.87. The van der Waals surface area contributed by atoms with Gasteiger partial charge in [-0.15, -0.1) is 0 Å². The Bertz CT molecular complexity index is 1570. The number of ether oxygens (including phenoxy) is 4. The normalized spacial score (nSPS) is 11.4. The van der Waals surface area contributed by atoms with Gasteiger partial charge in [0, 0.05) is 11.5 Å². The van der Waals surface area contributed by atoms with E-state index in [0.717, 1.165) is 6.07 Å². The highest BCUT2D eigenvalue weighted by molar-refractivity contribution is 5.93. The van der Waals surface area contributed by atoms with Crippen LogP contribution in [0.25, 0.3) is 21.8 Å². The Morgan fingerprint density at radius 3 is 2.24 bits per heavy atom. The number of carbonyl (C=O) groups is 1. The zero-order chi connectivity index (χ0) is 26.9. The van der Waals surface area contributed by atoms with Gasteiger partial charge in [-0.25, -0.2) is 24.1 Å². The smallest absolute Gasteiger partial charge is 0.491 e. The molecule has 194 valence electrons. The first-order chi connectivity index (χ1) is 17.6. The van der Waals surface area contributed by atoms with Crippen LogP contribution in [-0.2, 0) is 11.5 Å². The third-order valence-corrected chi connectivity index (χ3v) is 5.08. The average Bonchev–Trinajstić information content (AvgIpc) is 2.86. The molecule has 2 heterocycles. The van der Waals surface area contributed by atoms with Crippen molar-refractivity contribution < 1.29 is 41.3 Å². The first-order valence-corrected chi connectivity index (χ1v) is 10.2. The Labute approximate surface area is 204 Å². The van der Waals surface area contributed by atoms with Crippen LogP contribution < -0.4 is 29.8 Å². The number of esters is 1. The van der Waals surface area contributed by atoms with Crippen molar-refractivity contribution in [3.63, 3.8) is 0 Å². The van der Waals surface area contributed by atoms with Gasteiger partial charge < -0.3 is 18.9 Å². The number of benzene rings is 2. The summed E-state index contributed by atoms with van der Waals surface area (Å²) < 4.78 is 71.8. The van der Waals surface area contributed by atoms with E-state index in [1.807, 2.05) is 0 Å². The van der Waals surface area contributed by atoms with E-state index in [-0.39, 0.29) is 34.4 Å². The molecule has 0 unspecified atom stereocenters. The lowest BCUT2D eigenvalue weighted by Gasteiger charge is -2.13. The van der Waals surface area contributed by atoms with Crippen molar-refractivity contribution in [3.8, 4) is 23.0 Å². The van der Waals surface area contributed by atoms with Gasteiger partial charge in [0.15, 0.2) is 11.5 Å². The minimum absolute atomic E-state index is 0.00309. The van der Waals surface area contributed by atoms with Gasteiger partial charge in [-0.3, -0.25) is 15.1 Å². The van der Waals surface area contributed by atoms with Crippen LogP contribution in [0.4, 0.5) is 29.5 Å². The number of hydrogen-bond acceptors (Lipinski definition) is 10. The number of aromatic amines is 1.